The lowest BCUT2D eigenvalue weighted by Crippen LogP contribution is -2.45. The fourth-order valence-electron chi connectivity index (χ4n) is 1.99. The van der Waals surface area contributed by atoms with E-state index >= 15 is 0 Å². The lowest BCUT2D eigenvalue weighted by molar-refractivity contribution is -0.148. The molecule has 0 aliphatic heterocycles. The van der Waals surface area contributed by atoms with E-state index in [1.807, 2.05) is 0 Å². The molecule has 2 N–H and O–H groups in total. The van der Waals surface area contributed by atoms with E-state index in [4.69, 9.17) is 4.74 Å². The summed E-state index contributed by atoms with van der Waals surface area (Å²) in [5.74, 6) is -0.989. The first-order chi connectivity index (χ1) is 10.1. The Morgan fingerprint density at radius 2 is 2.05 bits per heavy atom. The Balaban J connectivity index is 2.80. The first-order valence-electron chi connectivity index (χ1n) is 7.13. The van der Waals surface area contributed by atoms with Crippen molar-refractivity contribution in [2.45, 2.75) is 46.1 Å². The number of aromatic nitrogens is 3. The van der Waals surface area contributed by atoms with E-state index < -0.39 is 23.1 Å². The van der Waals surface area contributed by atoms with Crippen molar-refractivity contribution in [1.29, 1.82) is 0 Å². The van der Waals surface area contributed by atoms with Crippen molar-refractivity contribution in [2.75, 3.05) is 6.54 Å². The lowest BCUT2D eigenvalue weighted by Gasteiger charge is -2.28. The lowest BCUT2D eigenvalue weighted by atomic mass is 9.80. The average Bonchev–Trinajstić information content (AvgIpc) is 2.77. The summed E-state index contributed by atoms with van der Waals surface area (Å²) in [5, 5.41) is 19.9. The van der Waals surface area contributed by atoms with E-state index in [0.29, 0.717) is 12.1 Å². The number of carboxylic acids is 1. The zero-order valence-corrected chi connectivity index (χ0v) is 13.7. The number of aliphatic carboxylic acids is 1. The van der Waals surface area contributed by atoms with Gasteiger partial charge in [0.05, 0.1) is 11.1 Å². The first-order valence-corrected chi connectivity index (χ1v) is 7.13. The Hall–Kier alpha value is -2.12. The Morgan fingerprint density at radius 1 is 1.41 bits per heavy atom. The van der Waals surface area contributed by atoms with Gasteiger partial charge in [-0.25, -0.2) is 4.79 Å². The predicted octanol–water partition coefficient (Wildman–Crippen LogP) is 1.36. The molecule has 22 heavy (non-hydrogen) atoms. The normalized spacial score (nSPS) is 14.2. The van der Waals surface area contributed by atoms with Crippen LogP contribution in [0.1, 0.15) is 39.8 Å². The molecule has 1 amide bonds. The maximum atomic E-state index is 11.7. The number of alkyl carbamates (subject to hydrolysis) is 1. The van der Waals surface area contributed by atoms with E-state index in [2.05, 4.69) is 15.6 Å². The number of rotatable bonds is 6. The van der Waals surface area contributed by atoms with Crippen molar-refractivity contribution in [3.8, 4) is 0 Å². The number of aryl methyl sites for hydroxylation is 1. The Kier molecular flexibility index (Phi) is 5.51. The molecule has 1 aromatic heterocycles. The molecule has 0 spiro atoms. The van der Waals surface area contributed by atoms with Gasteiger partial charge in [-0.2, -0.15) is 0 Å². The number of nitrogens with one attached hydrogen (secondary N) is 1. The summed E-state index contributed by atoms with van der Waals surface area (Å²) in [6.45, 7) is 6.97. The van der Waals surface area contributed by atoms with Gasteiger partial charge in [0.2, 0.25) is 0 Å². The average molecular weight is 312 g/mol. The Bertz CT molecular complexity index is 535. The zero-order chi connectivity index (χ0) is 17.0. The summed E-state index contributed by atoms with van der Waals surface area (Å²) in [4.78, 5) is 23.5. The van der Waals surface area contributed by atoms with Crippen LogP contribution in [0.2, 0.25) is 0 Å². The SMILES string of the molecule is CCC(CNC(=O)OC(C)(C)C)(Cc1cn(C)nn1)C(=O)O. The van der Waals surface area contributed by atoms with E-state index in [1.54, 1.807) is 40.9 Å². The molecule has 1 heterocycles. The van der Waals surface area contributed by atoms with Gasteiger partial charge in [0.15, 0.2) is 0 Å². The number of carboxylic acid groups (broad SMARTS) is 1. The number of hydrogen-bond acceptors (Lipinski definition) is 5. The fourth-order valence-corrected chi connectivity index (χ4v) is 1.99. The van der Waals surface area contributed by atoms with E-state index in [0.717, 1.165) is 0 Å². The van der Waals surface area contributed by atoms with Gasteiger partial charge in [-0.05, 0) is 27.2 Å². The molecule has 0 bridgehead atoms. The molecule has 1 atom stereocenters. The molecule has 0 aromatic carbocycles. The molecular weight excluding hydrogens is 288 g/mol. The van der Waals surface area contributed by atoms with Crippen LogP contribution in [-0.2, 0) is 23.0 Å². The van der Waals surface area contributed by atoms with Crippen molar-refractivity contribution in [3.05, 3.63) is 11.9 Å². The molecule has 0 radical (unpaired) electrons. The van der Waals surface area contributed by atoms with Gasteiger partial charge < -0.3 is 15.2 Å². The van der Waals surface area contributed by atoms with Crippen LogP contribution in [0.25, 0.3) is 0 Å². The summed E-state index contributed by atoms with van der Waals surface area (Å²) in [6.07, 6.45) is 1.56. The second kappa shape index (κ2) is 6.76. The fraction of sp³-hybridized carbons (Fsp3) is 0.714. The maximum Gasteiger partial charge on any atom is 0.407 e. The van der Waals surface area contributed by atoms with Gasteiger partial charge in [-0.3, -0.25) is 9.48 Å². The van der Waals surface area contributed by atoms with Crippen LogP contribution < -0.4 is 5.32 Å². The van der Waals surface area contributed by atoms with Gasteiger partial charge in [0.25, 0.3) is 0 Å². The predicted molar refractivity (Wildman–Crippen MR) is 79.3 cm³/mol. The monoisotopic (exact) mass is 312 g/mol. The van der Waals surface area contributed by atoms with Crippen LogP contribution in [0.3, 0.4) is 0 Å². The highest BCUT2D eigenvalue weighted by Gasteiger charge is 2.38. The molecule has 1 unspecified atom stereocenters. The number of ether oxygens (including phenoxy) is 1. The summed E-state index contributed by atoms with van der Waals surface area (Å²) < 4.78 is 6.65. The molecule has 8 nitrogen and oxygen atoms in total. The van der Waals surface area contributed by atoms with Crippen LogP contribution in [0.4, 0.5) is 4.79 Å². The molecule has 0 fully saturated rings. The van der Waals surface area contributed by atoms with Crippen LogP contribution in [0.15, 0.2) is 6.20 Å². The summed E-state index contributed by atoms with van der Waals surface area (Å²) >= 11 is 0. The summed E-state index contributed by atoms with van der Waals surface area (Å²) in [7, 11) is 1.71. The molecule has 0 saturated carbocycles. The van der Waals surface area contributed by atoms with Crippen molar-refractivity contribution in [3.63, 3.8) is 0 Å². The van der Waals surface area contributed by atoms with Crippen LogP contribution >= 0.6 is 0 Å². The molecule has 0 aliphatic carbocycles. The van der Waals surface area contributed by atoms with Gasteiger partial charge in [0.1, 0.15) is 5.60 Å². The third kappa shape index (κ3) is 5.01. The van der Waals surface area contributed by atoms with Gasteiger partial charge in [-0.15, -0.1) is 5.10 Å². The highest BCUT2D eigenvalue weighted by atomic mass is 16.6. The molecule has 124 valence electrons. The third-order valence-corrected chi connectivity index (χ3v) is 3.27. The van der Waals surface area contributed by atoms with Crippen molar-refractivity contribution in [2.24, 2.45) is 12.5 Å². The zero-order valence-electron chi connectivity index (χ0n) is 13.7. The van der Waals surface area contributed by atoms with Crippen molar-refractivity contribution < 1.29 is 19.4 Å². The smallest absolute Gasteiger partial charge is 0.407 e. The second-order valence-electron chi connectivity index (χ2n) is 6.35. The van der Waals surface area contributed by atoms with E-state index in [1.165, 1.54) is 4.68 Å². The third-order valence-electron chi connectivity index (χ3n) is 3.27. The van der Waals surface area contributed by atoms with Crippen molar-refractivity contribution >= 4 is 12.1 Å². The minimum Gasteiger partial charge on any atom is -0.481 e. The Labute approximate surface area is 129 Å². The van der Waals surface area contributed by atoms with Gasteiger partial charge in [-0.1, -0.05) is 12.1 Å². The number of amides is 1. The minimum atomic E-state index is -1.15. The molecule has 0 aliphatic rings. The quantitative estimate of drug-likeness (QED) is 0.821. The van der Waals surface area contributed by atoms with Crippen molar-refractivity contribution in [1.82, 2.24) is 20.3 Å². The second-order valence-corrected chi connectivity index (χ2v) is 6.35. The maximum absolute atomic E-state index is 11.7. The summed E-state index contributed by atoms with van der Waals surface area (Å²) in [6, 6.07) is 0. The number of carbonyl (C=O) groups excluding carboxylic acids is 1. The minimum absolute atomic E-state index is 0.0374. The highest BCUT2D eigenvalue weighted by Crippen LogP contribution is 2.26. The Morgan fingerprint density at radius 3 is 2.45 bits per heavy atom. The number of nitrogens with zero attached hydrogens (tertiary/aromatic N) is 3. The molecule has 8 heteroatoms. The molecule has 0 saturated heterocycles. The molecule has 1 aromatic rings. The number of carbonyl (C=O) groups is 2. The van der Waals surface area contributed by atoms with Crippen LogP contribution in [0, 0.1) is 5.41 Å². The van der Waals surface area contributed by atoms with Gasteiger partial charge >= 0.3 is 12.1 Å². The van der Waals surface area contributed by atoms with E-state index in [9.17, 15) is 14.7 Å². The van der Waals surface area contributed by atoms with E-state index in [-0.39, 0.29) is 13.0 Å². The molecular formula is C14H24N4O4. The standard InChI is InChI=1S/C14H24N4O4/c1-6-14(11(19)20,7-10-8-18(5)17-16-10)9-15-12(21)22-13(2,3)4/h8H,6-7,9H2,1-5H3,(H,15,21)(H,19,20). The first kappa shape index (κ1) is 17.9. The molecule has 1 rings (SSSR count). The number of hydrogen-bond donors (Lipinski definition) is 2. The van der Waals surface area contributed by atoms with Crippen LogP contribution in [-0.4, -0.2) is 44.3 Å². The largest absolute Gasteiger partial charge is 0.481 e. The highest BCUT2D eigenvalue weighted by molar-refractivity contribution is 5.76. The van der Waals surface area contributed by atoms with Crippen LogP contribution in [0.5, 0.6) is 0 Å². The topological polar surface area (TPSA) is 106 Å². The van der Waals surface area contributed by atoms with Gasteiger partial charge in [0, 0.05) is 26.2 Å². The summed E-state index contributed by atoms with van der Waals surface area (Å²) in [5.41, 5.74) is -1.21.